The Morgan fingerprint density at radius 2 is 1.93 bits per heavy atom. The summed E-state index contributed by atoms with van der Waals surface area (Å²) in [6.45, 7) is 4.33. The van der Waals surface area contributed by atoms with Crippen LogP contribution in [0.4, 0.5) is 15.8 Å². The van der Waals surface area contributed by atoms with Crippen molar-refractivity contribution in [2.45, 2.75) is 0 Å². The van der Waals surface area contributed by atoms with Crippen molar-refractivity contribution in [2.75, 3.05) is 56.2 Å². The van der Waals surface area contributed by atoms with Crippen molar-refractivity contribution in [1.29, 1.82) is 0 Å². The highest BCUT2D eigenvalue weighted by atomic mass is 19.1. The Labute approximate surface area is 168 Å². The van der Waals surface area contributed by atoms with E-state index in [1.807, 2.05) is 0 Å². The second kappa shape index (κ2) is 8.59. The number of hydrogen-bond acceptors (Lipinski definition) is 5. The monoisotopic (exact) mass is 399 g/mol. The number of amides is 2. The number of nitrogens with one attached hydrogen (secondary N) is 1. The third-order valence-electron chi connectivity index (χ3n) is 4.99. The van der Waals surface area contributed by atoms with Crippen LogP contribution < -0.4 is 15.0 Å². The number of morpholine rings is 1. The average Bonchev–Trinajstić information content (AvgIpc) is 2.74. The van der Waals surface area contributed by atoms with Crippen LogP contribution in [0.2, 0.25) is 0 Å². The summed E-state index contributed by atoms with van der Waals surface area (Å²) in [6.07, 6.45) is 0. The number of carbonyl (C=O) groups is 2. The fraction of sp³-hybridized carbons (Fsp3) is 0.333. The molecular formula is C21H22FN3O4. The first-order valence-electron chi connectivity index (χ1n) is 9.54. The first-order chi connectivity index (χ1) is 14.1. The quantitative estimate of drug-likeness (QED) is 0.834. The summed E-state index contributed by atoms with van der Waals surface area (Å²) < 4.78 is 24.3. The van der Waals surface area contributed by atoms with Gasteiger partial charge in [0, 0.05) is 37.4 Å². The van der Waals surface area contributed by atoms with E-state index in [9.17, 15) is 14.0 Å². The summed E-state index contributed by atoms with van der Waals surface area (Å²) in [7, 11) is 0. The van der Waals surface area contributed by atoms with E-state index in [0.29, 0.717) is 36.9 Å². The van der Waals surface area contributed by atoms with Crippen molar-refractivity contribution < 1.29 is 23.5 Å². The van der Waals surface area contributed by atoms with E-state index in [-0.39, 0.29) is 18.1 Å². The molecule has 2 heterocycles. The molecule has 0 bridgehead atoms. The lowest BCUT2D eigenvalue weighted by atomic mass is 10.1. The Morgan fingerprint density at radius 1 is 1.10 bits per heavy atom. The third-order valence-corrected chi connectivity index (χ3v) is 4.99. The molecule has 1 fully saturated rings. The minimum atomic E-state index is -0.476. The molecule has 2 aromatic rings. The number of rotatable bonds is 5. The Morgan fingerprint density at radius 3 is 2.72 bits per heavy atom. The SMILES string of the molecule is O=C(Nc1ccc2c(c1)N(CCN1CCOCC1)C(=O)CO2)c1cccc(F)c1. The maximum atomic E-state index is 13.4. The van der Waals surface area contributed by atoms with Gasteiger partial charge in [0.1, 0.15) is 11.6 Å². The highest BCUT2D eigenvalue weighted by molar-refractivity contribution is 6.05. The van der Waals surface area contributed by atoms with Crippen LogP contribution >= 0.6 is 0 Å². The summed E-state index contributed by atoms with van der Waals surface area (Å²) >= 11 is 0. The van der Waals surface area contributed by atoms with Crippen LogP contribution in [0.3, 0.4) is 0 Å². The molecule has 4 rings (SSSR count). The Hall–Kier alpha value is -2.97. The molecule has 0 atom stereocenters. The zero-order chi connectivity index (χ0) is 20.2. The van der Waals surface area contributed by atoms with Gasteiger partial charge < -0.3 is 19.7 Å². The lowest BCUT2D eigenvalue weighted by molar-refractivity contribution is -0.121. The van der Waals surface area contributed by atoms with E-state index < -0.39 is 11.7 Å². The fourth-order valence-corrected chi connectivity index (χ4v) is 3.42. The molecule has 29 heavy (non-hydrogen) atoms. The van der Waals surface area contributed by atoms with Gasteiger partial charge in [-0.15, -0.1) is 0 Å². The van der Waals surface area contributed by atoms with E-state index >= 15 is 0 Å². The van der Waals surface area contributed by atoms with Gasteiger partial charge in [-0.2, -0.15) is 0 Å². The van der Waals surface area contributed by atoms with E-state index in [4.69, 9.17) is 9.47 Å². The number of benzene rings is 2. The summed E-state index contributed by atoms with van der Waals surface area (Å²) in [5, 5.41) is 2.75. The van der Waals surface area contributed by atoms with Crippen LogP contribution in [0.5, 0.6) is 5.75 Å². The van der Waals surface area contributed by atoms with Crippen molar-refractivity contribution >= 4 is 23.2 Å². The lowest BCUT2D eigenvalue weighted by Gasteiger charge is -2.33. The molecule has 152 valence electrons. The zero-order valence-electron chi connectivity index (χ0n) is 15.9. The van der Waals surface area contributed by atoms with Crippen LogP contribution in [0.1, 0.15) is 10.4 Å². The topological polar surface area (TPSA) is 71.1 Å². The van der Waals surface area contributed by atoms with Crippen molar-refractivity contribution in [1.82, 2.24) is 4.90 Å². The molecular weight excluding hydrogens is 377 g/mol. The average molecular weight is 399 g/mol. The predicted octanol–water partition coefficient (Wildman–Crippen LogP) is 2.14. The standard InChI is InChI=1S/C21H22FN3O4/c22-16-3-1-2-15(12-16)21(27)23-17-4-5-19-18(13-17)25(20(26)14-29-19)7-6-24-8-10-28-11-9-24/h1-5,12-13H,6-11,14H2,(H,23,27). The Bertz CT molecular complexity index is 915. The first-order valence-corrected chi connectivity index (χ1v) is 9.54. The first kappa shape index (κ1) is 19.4. The van der Waals surface area contributed by atoms with Crippen molar-refractivity contribution in [3.63, 3.8) is 0 Å². The van der Waals surface area contributed by atoms with Gasteiger partial charge >= 0.3 is 0 Å². The van der Waals surface area contributed by atoms with Crippen LogP contribution in [0, 0.1) is 5.82 Å². The zero-order valence-corrected chi connectivity index (χ0v) is 15.9. The molecule has 0 aliphatic carbocycles. The molecule has 1 N–H and O–H groups in total. The summed E-state index contributed by atoms with van der Waals surface area (Å²) in [4.78, 5) is 28.8. The molecule has 0 radical (unpaired) electrons. The minimum Gasteiger partial charge on any atom is -0.482 e. The summed E-state index contributed by atoms with van der Waals surface area (Å²) in [5.41, 5.74) is 1.35. The second-order valence-corrected chi connectivity index (χ2v) is 6.94. The maximum Gasteiger partial charge on any atom is 0.265 e. The fourth-order valence-electron chi connectivity index (χ4n) is 3.42. The largest absolute Gasteiger partial charge is 0.482 e. The predicted molar refractivity (Wildman–Crippen MR) is 106 cm³/mol. The molecule has 2 amide bonds. The van der Waals surface area contributed by atoms with E-state index in [1.54, 1.807) is 23.1 Å². The Kier molecular flexibility index (Phi) is 5.73. The van der Waals surface area contributed by atoms with Gasteiger partial charge in [-0.25, -0.2) is 4.39 Å². The van der Waals surface area contributed by atoms with Gasteiger partial charge in [0.05, 0.1) is 18.9 Å². The number of fused-ring (bicyclic) bond motifs is 1. The third kappa shape index (κ3) is 4.55. The second-order valence-electron chi connectivity index (χ2n) is 6.94. The molecule has 8 heteroatoms. The van der Waals surface area contributed by atoms with Gasteiger partial charge in [-0.05, 0) is 36.4 Å². The number of halogens is 1. The van der Waals surface area contributed by atoms with Crippen molar-refractivity contribution in [2.24, 2.45) is 0 Å². The molecule has 2 aliphatic heterocycles. The molecule has 0 unspecified atom stereocenters. The molecule has 0 aromatic heterocycles. The molecule has 0 saturated carbocycles. The minimum absolute atomic E-state index is 0.00882. The van der Waals surface area contributed by atoms with Gasteiger partial charge in [0.25, 0.3) is 11.8 Å². The van der Waals surface area contributed by atoms with Gasteiger partial charge in [0.2, 0.25) is 0 Å². The smallest absolute Gasteiger partial charge is 0.265 e. The molecule has 0 spiro atoms. The van der Waals surface area contributed by atoms with E-state index in [1.165, 1.54) is 24.3 Å². The Balaban J connectivity index is 1.50. The molecule has 7 nitrogen and oxygen atoms in total. The number of ether oxygens (including phenoxy) is 2. The van der Waals surface area contributed by atoms with Crippen LogP contribution in [0.25, 0.3) is 0 Å². The number of carbonyl (C=O) groups excluding carboxylic acids is 2. The van der Waals surface area contributed by atoms with Crippen LogP contribution in [-0.4, -0.2) is 62.7 Å². The number of hydrogen-bond donors (Lipinski definition) is 1. The molecule has 2 aromatic carbocycles. The van der Waals surface area contributed by atoms with Crippen LogP contribution in [0.15, 0.2) is 42.5 Å². The van der Waals surface area contributed by atoms with E-state index in [0.717, 1.165) is 19.6 Å². The van der Waals surface area contributed by atoms with Crippen LogP contribution in [-0.2, 0) is 9.53 Å². The summed E-state index contributed by atoms with van der Waals surface area (Å²) in [6, 6.07) is 10.6. The number of anilines is 2. The summed E-state index contributed by atoms with van der Waals surface area (Å²) in [5.74, 6) is -0.432. The molecule has 2 aliphatic rings. The van der Waals surface area contributed by atoms with E-state index in [2.05, 4.69) is 10.2 Å². The van der Waals surface area contributed by atoms with Gasteiger partial charge in [0.15, 0.2) is 6.61 Å². The number of nitrogens with zero attached hydrogens (tertiary/aromatic N) is 2. The van der Waals surface area contributed by atoms with Crippen molar-refractivity contribution in [3.05, 3.63) is 53.8 Å². The lowest BCUT2D eigenvalue weighted by Crippen LogP contribution is -2.45. The maximum absolute atomic E-state index is 13.4. The normalized spacial score (nSPS) is 16.9. The molecule has 1 saturated heterocycles. The highest BCUT2D eigenvalue weighted by Crippen LogP contribution is 2.34. The van der Waals surface area contributed by atoms with Gasteiger partial charge in [-0.1, -0.05) is 6.07 Å². The van der Waals surface area contributed by atoms with Crippen molar-refractivity contribution in [3.8, 4) is 5.75 Å². The van der Waals surface area contributed by atoms with Gasteiger partial charge in [-0.3, -0.25) is 14.5 Å². The highest BCUT2D eigenvalue weighted by Gasteiger charge is 2.26.